The molecule has 4 atom stereocenters. The van der Waals surface area contributed by atoms with E-state index in [2.05, 4.69) is 19.2 Å². The van der Waals surface area contributed by atoms with Crippen molar-refractivity contribution < 1.29 is 24.4 Å². The number of nitrogens with two attached hydrogens (primary N) is 1. The van der Waals surface area contributed by atoms with Crippen LogP contribution in [0.4, 0.5) is 5.69 Å². The van der Waals surface area contributed by atoms with E-state index in [1.165, 1.54) is 12.0 Å². The molecule has 1 aromatic rings. The third kappa shape index (κ3) is 2.60. The lowest BCUT2D eigenvalue weighted by Gasteiger charge is -2.26. The molecule has 1 spiro atoms. The fraction of sp³-hybridized carbons (Fsp3) is 0.550. The van der Waals surface area contributed by atoms with E-state index in [0.717, 1.165) is 6.42 Å². The van der Waals surface area contributed by atoms with Gasteiger partial charge in [-0.2, -0.15) is 0 Å². The highest BCUT2D eigenvalue weighted by Crippen LogP contribution is 2.50. The molecular weight excluding hydrogens is 382 g/mol. The lowest BCUT2D eigenvalue weighted by Crippen LogP contribution is -2.99. The van der Waals surface area contributed by atoms with Gasteiger partial charge in [-0.3, -0.25) is 19.3 Å². The number of fused-ring (bicyclic) bond motifs is 4. The molecule has 0 saturated carbocycles. The van der Waals surface area contributed by atoms with Gasteiger partial charge in [-0.05, 0) is 24.1 Å². The zero-order valence-electron chi connectivity index (χ0n) is 16.2. The van der Waals surface area contributed by atoms with Crippen molar-refractivity contribution in [2.45, 2.75) is 31.8 Å². The first-order valence-electron chi connectivity index (χ1n) is 9.63. The van der Waals surface area contributed by atoms with Crippen molar-refractivity contribution in [2.75, 3.05) is 25.6 Å². The summed E-state index contributed by atoms with van der Waals surface area (Å²) >= 11 is 6.23. The van der Waals surface area contributed by atoms with Crippen LogP contribution in [0, 0.1) is 17.8 Å². The Morgan fingerprint density at radius 2 is 2.04 bits per heavy atom. The number of nitrogens with zero attached hydrogens (tertiary/aromatic N) is 1. The number of hydrogen-bond donors (Lipinski definition) is 2. The molecule has 1 aromatic carbocycles. The van der Waals surface area contributed by atoms with Crippen LogP contribution >= 0.6 is 11.6 Å². The number of ether oxygens (including phenoxy) is 1. The average Bonchev–Trinajstić information content (AvgIpc) is 3.19. The first-order chi connectivity index (χ1) is 13.3. The zero-order valence-corrected chi connectivity index (χ0v) is 17.0. The SMILES string of the molecule is COCCN1C(=O)[C@@H]2[C@H](CC(C)C)[NH2+][C@]3(C(=O)Nc4ccc(Cl)cc43)[C@@H]2C1=O. The monoisotopic (exact) mass is 406 g/mol. The van der Waals surface area contributed by atoms with E-state index >= 15 is 0 Å². The summed E-state index contributed by atoms with van der Waals surface area (Å²) in [6.07, 6.45) is 0.739. The van der Waals surface area contributed by atoms with Gasteiger partial charge in [0.2, 0.25) is 17.4 Å². The minimum Gasteiger partial charge on any atom is -0.383 e. The number of nitrogens with one attached hydrogen (secondary N) is 1. The van der Waals surface area contributed by atoms with Gasteiger partial charge in [0, 0.05) is 24.1 Å². The molecule has 150 valence electrons. The van der Waals surface area contributed by atoms with Crippen LogP contribution in [0.25, 0.3) is 0 Å². The van der Waals surface area contributed by atoms with Crippen LogP contribution < -0.4 is 10.6 Å². The van der Waals surface area contributed by atoms with Gasteiger partial charge in [0.25, 0.3) is 5.91 Å². The molecule has 2 saturated heterocycles. The summed E-state index contributed by atoms with van der Waals surface area (Å²) in [4.78, 5) is 41.0. The molecule has 3 heterocycles. The number of methoxy groups -OCH3 is 1. The Morgan fingerprint density at radius 1 is 1.29 bits per heavy atom. The highest BCUT2D eigenvalue weighted by Gasteiger charge is 2.74. The van der Waals surface area contributed by atoms with Gasteiger partial charge in [-0.1, -0.05) is 25.4 Å². The molecule has 3 aliphatic heterocycles. The van der Waals surface area contributed by atoms with Crippen molar-refractivity contribution in [3.8, 4) is 0 Å². The lowest BCUT2D eigenvalue weighted by molar-refractivity contribution is -0.734. The second-order valence-electron chi connectivity index (χ2n) is 8.30. The molecule has 28 heavy (non-hydrogen) atoms. The number of likely N-dealkylation sites (tertiary alicyclic amines) is 1. The number of carbonyl (C=O) groups is 3. The molecule has 4 rings (SSSR count). The second-order valence-corrected chi connectivity index (χ2v) is 8.73. The fourth-order valence-corrected chi connectivity index (χ4v) is 5.33. The second kappa shape index (κ2) is 6.83. The number of hydrogen-bond acceptors (Lipinski definition) is 4. The van der Waals surface area contributed by atoms with Crippen molar-refractivity contribution in [3.05, 3.63) is 28.8 Å². The molecule has 0 unspecified atom stereocenters. The maximum Gasteiger partial charge on any atom is 0.291 e. The van der Waals surface area contributed by atoms with Crippen molar-refractivity contribution >= 4 is 35.0 Å². The van der Waals surface area contributed by atoms with Crippen molar-refractivity contribution in [1.29, 1.82) is 0 Å². The van der Waals surface area contributed by atoms with Crippen LogP contribution in [-0.4, -0.2) is 48.9 Å². The molecule has 3 aliphatic rings. The number of halogens is 1. The average molecular weight is 407 g/mol. The van der Waals surface area contributed by atoms with E-state index in [0.29, 0.717) is 22.2 Å². The number of anilines is 1. The molecular formula is C20H25ClN3O4+. The molecule has 0 aliphatic carbocycles. The predicted molar refractivity (Wildman–Crippen MR) is 103 cm³/mol. The minimum absolute atomic E-state index is 0.148. The summed E-state index contributed by atoms with van der Waals surface area (Å²) in [5.74, 6) is -1.67. The molecule has 3 N–H and O–H groups in total. The van der Waals surface area contributed by atoms with E-state index in [1.54, 1.807) is 18.2 Å². The largest absolute Gasteiger partial charge is 0.383 e. The van der Waals surface area contributed by atoms with Crippen LogP contribution in [0.2, 0.25) is 5.02 Å². The van der Waals surface area contributed by atoms with Gasteiger partial charge < -0.3 is 15.4 Å². The van der Waals surface area contributed by atoms with Crippen LogP contribution in [0.5, 0.6) is 0 Å². The molecule has 0 aromatic heterocycles. The van der Waals surface area contributed by atoms with Crippen LogP contribution in [0.15, 0.2) is 18.2 Å². The quantitative estimate of drug-likeness (QED) is 0.705. The number of imide groups is 1. The van der Waals surface area contributed by atoms with Crippen molar-refractivity contribution in [1.82, 2.24) is 4.90 Å². The molecule has 3 amide bonds. The summed E-state index contributed by atoms with van der Waals surface area (Å²) < 4.78 is 5.07. The first kappa shape index (κ1) is 19.4. The summed E-state index contributed by atoms with van der Waals surface area (Å²) in [7, 11) is 1.53. The van der Waals surface area contributed by atoms with Crippen molar-refractivity contribution in [2.24, 2.45) is 17.8 Å². The van der Waals surface area contributed by atoms with Crippen LogP contribution in [0.3, 0.4) is 0 Å². The van der Waals surface area contributed by atoms with Crippen LogP contribution in [0.1, 0.15) is 25.8 Å². The Balaban J connectivity index is 1.84. The zero-order chi connectivity index (χ0) is 20.2. The highest BCUT2D eigenvalue weighted by molar-refractivity contribution is 6.31. The number of amides is 3. The Morgan fingerprint density at radius 3 is 2.71 bits per heavy atom. The van der Waals surface area contributed by atoms with E-state index in [4.69, 9.17) is 16.3 Å². The maximum atomic E-state index is 13.4. The number of quaternary nitrogens is 1. The Hall–Kier alpha value is -1.96. The Kier molecular flexibility index (Phi) is 4.72. The maximum absolute atomic E-state index is 13.4. The molecule has 2 fully saturated rings. The molecule has 8 heteroatoms. The lowest BCUT2D eigenvalue weighted by atomic mass is 9.76. The summed E-state index contributed by atoms with van der Waals surface area (Å²) in [6.45, 7) is 4.64. The number of carbonyl (C=O) groups excluding carboxylic acids is 3. The fourth-order valence-electron chi connectivity index (χ4n) is 5.16. The number of benzene rings is 1. The van der Waals surface area contributed by atoms with Gasteiger partial charge in [0.1, 0.15) is 17.9 Å². The van der Waals surface area contributed by atoms with Crippen molar-refractivity contribution in [3.63, 3.8) is 0 Å². The summed E-state index contributed by atoms with van der Waals surface area (Å²) in [5, 5.41) is 5.35. The van der Waals surface area contributed by atoms with E-state index in [-0.39, 0.29) is 36.9 Å². The van der Waals surface area contributed by atoms with Gasteiger partial charge >= 0.3 is 0 Å². The smallest absolute Gasteiger partial charge is 0.291 e. The van der Waals surface area contributed by atoms with Gasteiger partial charge in [-0.15, -0.1) is 0 Å². The Bertz CT molecular complexity index is 858. The van der Waals surface area contributed by atoms with Gasteiger partial charge in [0.15, 0.2) is 0 Å². The molecule has 0 bridgehead atoms. The third-order valence-corrected chi connectivity index (χ3v) is 6.42. The normalized spacial score (nSPS) is 31.1. The standard InChI is InChI=1S/C20H24ClN3O4/c1-10(2)8-14-15-16(18(26)24(17(15)25)6-7-28-3)20(23-14)12-9-11(21)4-5-13(12)22-19(20)27/h4-5,9-10,14-16,23H,6-8H2,1-3H3,(H,22,27)/p+1/t14-,15+,16-,20-/m0/s1. The predicted octanol–water partition coefficient (Wildman–Crippen LogP) is 0.727. The first-order valence-corrected chi connectivity index (χ1v) is 10.0. The van der Waals surface area contributed by atoms with E-state index < -0.39 is 17.4 Å². The minimum atomic E-state index is -1.15. The van der Waals surface area contributed by atoms with Gasteiger partial charge in [0.05, 0.1) is 18.8 Å². The van der Waals surface area contributed by atoms with E-state index in [9.17, 15) is 14.4 Å². The summed E-state index contributed by atoms with van der Waals surface area (Å²) in [6, 6.07) is 5.07. The summed E-state index contributed by atoms with van der Waals surface area (Å²) in [5.41, 5.74) is 0.199. The molecule has 7 nitrogen and oxygen atoms in total. The highest BCUT2D eigenvalue weighted by atomic mass is 35.5. The van der Waals surface area contributed by atoms with Crippen LogP contribution in [-0.2, 0) is 24.7 Å². The Labute approximate surface area is 168 Å². The van der Waals surface area contributed by atoms with E-state index in [1.807, 2.05) is 5.32 Å². The number of rotatable bonds is 5. The topological polar surface area (TPSA) is 92.3 Å². The molecule has 0 radical (unpaired) electrons. The van der Waals surface area contributed by atoms with Gasteiger partial charge in [-0.25, -0.2) is 0 Å². The third-order valence-electron chi connectivity index (χ3n) is 6.18.